The molecule has 0 aliphatic carbocycles. The first kappa shape index (κ1) is 18.1. The second kappa shape index (κ2) is 9.18. The minimum atomic E-state index is 0.424. The van der Waals surface area contributed by atoms with Crippen molar-refractivity contribution in [1.29, 1.82) is 0 Å². The van der Waals surface area contributed by atoms with Crippen LogP contribution in [0.3, 0.4) is 0 Å². The van der Waals surface area contributed by atoms with E-state index in [0.29, 0.717) is 25.7 Å². The molecule has 0 aromatic heterocycles. The maximum atomic E-state index is 5.93. The van der Waals surface area contributed by atoms with Crippen LogP contribution in [0.1, 0.15) is 30.9 Å². The Morgan fingerprint density at radius 3 is 2.33 bits per heavy atom. The van der Waals surface area contributed by atoms with E-state index in [1.807, 2.05) is 36.4 Å². The average Bonchev–Trinajstić information content (AvgIpc) is 2.60. The highest BCUT2D eigenvalue weighted by Gasteiger charge is 2.11. The van der Waals surface area contributed by atoms with Crippen LogP contribution in [0.5, 0.6) is 17.2 Å². The second-order valence-corrected chi connectivity index (χ2v) is 5.88. The van der Waals surface area contributed by atoms with Gasteiger partial charge in [-0.1, -0.05) is 44.2 Å². The van der Waals surface area contributed by atoms with Crippen molar-refractivity contribution in [3.05, 3.63) is 53.6 Å². The van der Waals surface area contributed by atoms with Crippen LogP contribution in [0.15, 0.2) is 42.5 Å². The molecule has 0 aliphatic heterocycles. The zero-order valence-corrected chi connectivity index (χ0v) is 14.7. The Kier molecular flexibility index (Phi) is 6.94. The first-order valence-corrected chi connectivity index (χ1v) is 8.37. The Morgan fingerprint density at radius 2 is 1.62 bits per heavy atom. The van der Waals surface area contributed by atoms with E-state index in [4.69, 9.17) is 19.9 Å². The Bertz CT molecular complexity index is 641. The summed E-state index contributed by atoms with van der Waals surface area (Å²) >= 11 is 0. The monoisotopic (exact) mass is 329 g/mol. The summed E-state index contributed by atoms with van der Waals surface area (Å²) in [7, 11) is 1.64. The van der Waals surface area contributed by atoms with E-state index in [2.05, 4.69) is 19.9 Å². The lowest BCUT2D eigenvalue weighted by Gasteiger charge is -2.16. The van der Waals surface area contributed by atoms with Gasteiger partial charge >= 0.3 is 0 Å². The van der Waals surface area contributed by atoms with E-state index < -0.39 is 0 Å². The van der Waals surface area contributed by atoms with Crippen LogP contribution < -0.4 is 19.9 Å². The summed E-state index contributed by atoms with van der Waals surface area (Å²) in [5.41, 5.74) is 7.94. The summed E-state index contributed by atoms with van der Waals surface area (Å²) in [5.74, 6) is 2.82. The normalized spacial score (nSPS) is 10.7. The van der Waals surface area contributed by atoms with E-state index in [0.717, 1.165) is 29.2 Å². The predicted molar refractivity (Wildman–Crippen MR) is 97.3 cm³/mol. The predicted octanol–water partition coefficient (Wildman–Crippen LogP) is 3.78. The molecule has 24 heavy (non-hydrogen) atoms. The zero-order valence-electron chi connectivity index (χ0n) is 14.7. The topological polar surface area (TPSA) is 53.7 Å². The highest BCUT2D eigenvalue weighted by molar-refractivity contribution is 5.46. The summed E-state index contributed by atoms with van der Waals surface area (Å²) in [5, 5.41) is 0. The average molecular weight is 329 g/mol. The number of nitrogens with two attached hydrogens (primary N) is 1. The van der Waals surface area contributed by atoms with Crippen LogP contribution in [-0.2, 0) is 6.42 Å². The first-order chi connectivity index (χ1) is 11.7. The number of methoxy groups -OCH3 is 1. The molecule has 0 bridgehead atoms. The van der Waals surface area contributed by atoms with E-state index in [1.54, 1.807) is 7.11 Å². The summed E-state index contributed by atoms with van der Waals surface area (Å²) in [6, 6.07) is 14.0. The van der Waals surface area contributed by atoms with Gasteiger partial charge in [0, 0.05) is 0 Å². The van der Waals surface area contributed by atoms with Crippen LogP contribution in [0.25, 0.3) is 0 Å². The molecular formula is C20H27NO3. The third kappa shape index (κ3) is 4.65. The molecule has 0 atom stereocenters. The number of ether oxygens (including phenoxy) is 3. The van der Waals surface area contributed by atoms with Gasteiger partial charge in [-0.05, 0) is 42.1 Å². The molecule has 0 fully saturated rings. The van der Waals surface area contributed by atoms with Gasteiger partial charge in [0.05, 0.1) is 7.11 Å². The third-order valence-electron chi connectivity index (χ3n) is 3.82. The lowest BCUT2D eigenvalue weighted by atomic mass is 10.0. The summed E-state index contributed by atoms with van der Waals surface area (Å²) in [6.07, 6.45) is 0.754. The lowest BCUT2D eigenvalue weighted by Crippen LogP contribution is -2.12. The summed E-state index contributed by atoms with van der Waals surface area (Å²) in [4.78, 5) is 0. The Morgan fingerprint density at radius 1 is 0.917 bits per heavy atom. The molecule has 0 radical (unpaired) electrons. The molecule has 2 aromatic rings. The largest absolute Gasteiger partial charge is 0.493 e. The van der Waals surface area contributed by atoms with Crippen LogP contribution in [0, 0.1) is 0 Å². The van der Waals surface area contributed by atoms with E-state index in [-0.39, 0.29) is 0 Å². The smallest absolute Gasteiger partial charge is 0.164 e. The molecule has 2 N–H and O–H groups in total. The van der Waals surface area contributed by atoms with Crippen molar-refractivity contribution in [2.45, 2.75) is 26.2 Å². The molecular weight excluding hydrogens is 302 g/mol. The fraction of sp³-hybridized carbons (Fsp3) is 0.400. The SMILES string of the molecule is COc1cccc(CCN)c1OCCOc1ccccc1C(C)C. The van der Waals surface area contributed by atoms with E-state index in [9.17, 15) is 0 Å². The molecule has 0 unspecified atom stereocenters. The first-order valence-electron chi connectivity index (χ1n) is 8.37. The summed E-state index contributed by atoms with van der Waals surface area (Å²) in [6.45, 7) is 5.81. The van der Waals surface area contributed by atoms with Crippen molar-refractivity contribution in [2.24, 2.45) is 5.73 Å². The molecule has 0 aliphatic rings. The number of benzene rings is 2. The van der Waals surface area contributed by atoms with Crippen molar-refractivity contribution >= 4 is 0 Å². The maximum Gasteiger partial charge on any atom is 0.164 e. The van der Waals surface area contributed by atoms with Gasteiger partial charge in [-0.15, -0.1) is 0 Å². The van der Waals surface area contributed by atoms with Gasteiger partial charge < -0.3 is 19.9 Å². The van der Waals surface area contributed by atoms with Crippen molar-refractivity contribution < 1.29 is 14.2 Å². The molecule has 2 aromatic carbocycles. The third-order valence-corrected chi connectivity index (χ3v) is 3.82. The second-order valence-electron chi connectivity index (χ2n) is 5.88. The standard InChI is InChI=1S/C20H27NO3/c1-15(2)17-8-4-5-9-18(17)23-13-14-24-20-16(11-12-21)7-6-10-19(20)22-3/h4-10,15H,11-14,21H2,1-3H3. The Balaban J connectivity index is 1.98. The van der Waals surface area contributed by atoms with Crippen molar-refractivity contribution in [1.82, 2.24) is 0 Å². The number of hydrogen-bond donors (Lipinski definition) is 1. The van der Waals surface area contributed by atoms with E-state index >= 15 is 0 Å². The van der Waals surface area contributed by atoms with Gasteiger partial charge in [0.15, 0.2) is 11.5 Å². The van der Waals surface area contributed by atoms with Crippen molar-refractivity contribution in [3.63, 3.8) is 0 Å². The van der Waals surface area contributed by atoms with Gasteiger partial charge in [0.2, 0.25) is 0 Å². The molecule has 2 rings (SSSR count). The molecule has 4 heteroatoms. The number of para-hydroxylation sites is 2. The van der Waals surface area contributed by atoms with E-state index in [1.165, 1.54) is 5.56 Å². The highest BCUT2D eigenvalue weighted by atomic mass is 16.5. The molecule has 130 valence electrons. The number of rotatable bonds is 9. The minimum absolute atomic E-state index is 0.424. The molecule has 4 nitrogen and oxygen atoms in total. The van der Waals surface area contributed by atoms with Crippen molar-refractivity contribution in [3.8, 4) is 17.2 Å². The van der Waals surface area contributed by atoms with Crippen LogP contribution >= 0.6 is 0 Å². The molecule has 0 heterocycles. The molecule has 0 saturated heterocycles. The van der Waals surface area contributed by atoms with Gasteiger partial charge in [0.1, 0.15) is 19.0 Å². The fourth-order valence-electron chi connectivity index (χ4n) is 2.62. The van der Waals surface area contributed by atoms with Crippen molar-refractivity contribution in [2.75, 3.05) is 26.9 Å². The van der Waals surface area contributed by atoms with Gasteiger partial charge in [-0.25, -0.2) is 0 Å². The lowest BCUT2D eigenvalue weighted by molar-refractivity contribution is 0.208. The molecule has 0 amide bonds. The summed E-state index contributed by atoms with van der Waals surface area (Å²) < 4.78 is 17.2. The van der Waals surface area contributed by atoms with Crippen LogP contribution in [-0.4, -0.2) is 26.9 Å². The number of hydrogen-bond acceptors (Lipinski definition) is 4. The van der Waals surface area contributed by atoms with Gasteiger partial charge in [0.25, 0.3) is 0 Å². The zero-order chi connectivity index (χ0) is 17.4. The fourth-order valence-corrected chi connectivity index (χ4v) is 2.62. The van der Waals surface area contributed by atoms with Gasteiger partial charge in [-0.3, -0.25) is 0 Å². The molecule has 0 saturated carbocycles. The van der Waals surface area contributed by atoms with Crippen LogP contribution in [0.4, 0.5) is 0 Å². The Hall–Kier alpha value is -2.20. The van der Waals surface area contributed by atoms with Crippen LogP contribution in [0.2, 0.25) is 0 Å². The van der Waals surface area contributed by atoms with Gasteiger partial charge in [-0.2, -0.15) is 0 Å². The molecule has 0 spiro atoms. The highest BCUT2D eigenvalue weighted by Crippen LogP contribution is 2.31. The minimum Gasteiger partial charge on any atom is -0.493 e. The maximum absolute atomic E-state index is 5.93. The Labute approximate surface area is 144 Å². The quantitative estimate of drug-likeness (QED) is 0.711.